The molecule has 0 unspecified atom stereocenters. The van der Waals surface area contributed by atoms with E-state index in [0.29, 0.717) is 0 Å². The van der Waals surface area contributed by atoms with E-state index in [2.05, 4.69) is 0 Å². The molecule has 0 aliphatic rings. The molecule has 0 aromatic heterocycles. The van der Waals surface area contributed by atoms with Gasteiger partial charge >= 0.3 is 0 Å². The fourth-order valence-electron chi connectivity index (χ4n) is 0.975. The van der Waals surface area contributed by atoms with Crippen molar-refractivity contribution in [1.82, 2.24) is 0 Å². The Hall–Kier alpha value is 0.530. The van der Waals surface area contributed by atoms with Crippen molar-refractivity contribution in [3.05, 3.63) is 34.9 Å². The van der Waals surface area contributed by atoms with Gasteiger partial charge in [0.1, 0.15) is 16.5 Å². The number of benzene rings is 1. The average Bonchev–Trinajstić information content (AvgIpc) is 2.06. The van der Waals surface area contributed by atoms with Gasteiger partial charge in [-0.25, -0.2) is 8.78 Å². The topological polar surface area (TPSA) is 0 Å². The third kappa shape index (κ3) is 3.24. The number of hydrogen-bond acceptors (Lipinski definition) is 0. The highest BCUT2D eigenvalue weighted by Crippen LogP contribution is 2.42. The molecule has 0 radical (unpaired) electrons. The summed E-state index contributed by atoms with van der Waals surface area (Å²) in [5.41, 5.74) is -0.687. The van der Waals surface area contributed by atoms with Gasteiger partial charge in [-0.3, -0.25) is 0 Å². The second-order valence-electron chi connectivity index (χ2n) is 2.66. The second kappa shape index (κ2) is 4.80. The monoisotopic (exact) mass is 312 g/mol. The van der Waals surface area contributed by atoms with E-state index in [1.165, 1.54) is 0 Å². The fourth-order valence-corrected chi connectivity index (χ4v) is 1.71. The van der Waals surface area contributed by atoms with Gasteiger partial charge in [0.2, 0.25) is 3.79 Å². The Labute approximate surface area is 110 Å². The number of hydrogen-bond donors (Lipinski definition) is 0. The van der Waals surface area contributed by atoms with E-state index in [0.717, 1.165) is 12.1 Å². The van der Waals surface area contributed by atoms with Crippen LogP contribution in [0.5, 0.6) is 0 Å². The first-order valence-electron chi connectivity index (χ1n) is 3.57. The minimum absolute atomic E-state index is 0.264. The molecule has 0 saturated carbocycles. The molecule has 0 saturated heterocycles. The zero-order chi connectivity index (χ0) is 11.8. The summed E-state index contributed by atoms with van der Waals surface area (Å²) in [7, 11) is 0. The van der Waals surface area contributed by atoms with Crippen molar-refractivity contribution in [2.24, 2.45) is 0 Å². The lowest BCUT2D eigenvalue weighted by molar-refractivity contribution is 0.577. The van der Waals surface area contributed by atoms with Gasteiger partial charge < -0.3 is 0 Å². The molecule has 15 heavy (non-hydrogen) atoms. The predicted octanol–water partition coefficient (Wildman–Crippen LogP) is 5.27. The third-order valence-electron chi connectivity index (χ3n) is 1.61. The Morgan fingerprint density at radius 3 is 2.00 bits per heavy atom. The van der Waals surface area contributed by atoms with E-state index in [1.54, 1.807) is 0 Å². The number of rotatable bonds is 1. The largest absolute Gasteiger partial charge is 0.218 e. The molecule has 0 amide bonds. The van der Waals surface area contributed by atoms with Crippen molar-refractivity contribution in [3.8, 4) is 0 Å². The van der Waals surface area contributed by atoms with Crippen LogP contribution in [-0.4, -0.2) is 0 Å². The maximum absolute atomic E-state index is 13.6. The highest BCUT2D eigenvalue weighted by molar-refractivity contribution is 6.66. The molecule has 1 aromatic rings. The van der Waals surface area contributed by atoms with Crippen molar-refractivity contribution in [1.29, 1.82) is 0 Å². The maximum atomic E-state index is 13.6. The molecule has 0 aliphatic heterocycles. The quantitative estimate of drug-likeness (QED) is 0.620. The average molecular weight is 314 g/mol. The first-order valence-corrected chi connectivity index (χ1v) is 5.58. The normalized spacial score (nSPS) is 12.3. The van der Waals surface area contributed by atoms with Gasteiger partial charge in [0.05, 0.1) is 0 Å². The van der Waals surface area contributed by atoms with Crippen LogP contribution in [-0.2, 0) is 3.79 Å². The van der Waals surface area contributed by atoms with Crippen LogP contribution >= 0.6 is 58.0 Å². The van der Waals surface area contributed by atoms with Gasteiger partial charge in [-0.2, -0.15) is 0 Å². The molecular weight excluding hydrogens is 311 g/mol. The molecule has 0 aliphatic carbocycles. The zero-order valence-corrected chi connectivity index (χ0v) is 10.7. The maximum Gasteiger partial charge on any atom is 0.218 e. The van der Waals surface area contributed by atoms with E-state index in [9.17, 15) is 8.78 Å². The molecule has 0 heterocycles. The Morgan fingerprint density at radius 1 is 1.07 bits per heavy atom. The van der Waals surface area contributed by atoms with Gasteiger partial charge in [-0.1, -0.05) is 58.0 Å². The molecule has 7 heteroatoms. The Kier molecular flexibility index (Phi) is 4.35. The Morgan fingerprint density at radius 2 is 1.60 bits per heavy atom. The van der Waals surface area contributed by atoms with Crippen molar-refractivity contribution >= 4 is 58.0 Å². The number of halogens is 7. The summed E-state index contributed by atoms with van der Waals surface area (Å²) >= 11 is 27.2. The van der Waals surface area contributed by atoms with Crippen LogP contribution in [0.4, 0.5) is 8.78 Å². The molecule has 0 atom stereocenters. The predicted molar refractivity (Wildman–Crippen MR) is 60.0 cm³/mol. The van der Waals surface area contributed by atoms with Crippen molar-refractivity contribution in [2.45, 2.75) is 8.63 Å². The van der Waals surface area contributed by atoms with Crippen LogP contribution in [0.1, 0.15) is 16.0 Å². The molecule has 0 nitrogen and oxygen atoms in total. The smallest absolute Gasteiger partial charge is 0.207 e. The SMILES string of the molecule is Fc1cc(C(Cl)Cl)c(F)c(C(Cl)(Cl)Cl)c1. The van der Waals surface area contributed by atoms with E-state index in [1.807, 2.05) is 0 Å². The molecule has 0 bridgehead atoms. The third-order valence-corrected chi connectivity index (χ3v) is 2.69. The van der Waals surface area contributed by atoms with E-state index >= 15 is 0 Å². The summed E-state index contributed by atoms with van der Waals surface area (Å²) in [6, 6.07) is 1.63. The van der Waals surface area contributed by atoms with Gasteiger partial charge in [-0.05, 0) is 12.1 Å². The van der Waals surface area contributed by atoms with E-state index in [4.69, 9.17) is 58.0 Å². The molecule has 0 spiro atoms. The fraction of sp³-hybridized carbons (Fsp3) is 0.250. The van der Waals surface area contributed by atoms with E-state index in [-0.39, 0.29) is 5.56 Å². The highest BCUT2D eigenvalue weighted by atomic mass is 35.6. The molecule has 1 rings (SSSR count). The van der Waals surface area contributed by atoms with Gasteiger partial charge in [0.15, 0.2) is 0 Å². The summed E-state index contributed by atoms with van der Waals surface area (Å²) in [4.78, 5) is -1.23. The van der Waals surface area contributed by atoms with Gasteiger partial charge in [0, 0.05) is 11.1 Å². The molecule has 84 valence electrons. The van der Waals surface area contributed by atoms with Crippen LogP contribution in [0, 0.1) is 11.6 Å². The van der Waals surface area contributed by atoms with Crippen LogP contribution in [0.15, 0.2) is 12.1 Å². The lowest BCUT2D eigenvalue weighted by Crippen LogP contribution is -2.07. The van der Waals surface area contributed by atoms with Crippen molar-refractivity contribution in [2.75, 3.05) is 0 Å². The Balaban J connectivity index is 3.42. The van der Waals surface area contributed by atoms with Crippen LogP contribution in [0.25, 0.3) is 0 Å². The van der Waals surface area contributed by atoms with Crippen molar-refractivity contribution in [3.63, 3.8) is 0 Å². The summed E-state index contributed by atoms with van der Waals surface area (Å²) in [6.07, 6.45) is 0. The molecule has 0 N–H and O–H groups in total. The van der Waals surface area contributed by atoms with Gasteiger partial charge in [-0.15, -0.1) is 0 Å². The first-order chi connectivity index (χ1) is 6.73. The summed E-state index contributed by atoms with van der Waals surface area (Å²) in [5, 5.41) is 0. The lowest BCUT2D eigenvalue weighted by atomic mass is 10.1. The van der Waals surface area contributed by atoms with Gasteiger partial charge in [0.25, 0.3) is 0 Å². The van der Waals surface area contributed by atoms with Crippen LogP contribution in [0.2, 0.25) is 0 Å². The minimum Gasteiger partial charge on any atom is -0.207 e. The summed E-state index contributed by atoms with van der Waals surface area (Å²) < 4.78 is 24.6. The van der Waals surface area contributed by atoms with Crippen LogP contribution in [0.3, 0.4) is 0 Å². The minimum atomic E-state index is -2.07. The standard InChI is InChI=1S/C8H3Cl5F2/c9-7(10)4-1-3(14)2-5(6(4)15)8(11,12)13/h1-2,7H. The summed E-state index contributed by atoms with van der Waals surface area (Å²) in [6.45, 7) is 0. The lowest BCUT2D eigenvalue weighted by Gasteiger charge is -2.15. The first kappa shape index (κ1) is 13.6. The number of alkyl halides is 5. The highest BCUT2D eigenvalue weighted by Gasteiger charge is 2.30. The Bertz CT molecular complexity index is 372. The summed E-state index contributed by atoms with van der Waals surface area (Å²) in [5.74, 6) is -1.70. The zero-order valence-electron chi connectivity index (χ0n) is 6.88. The van der Waals surface area contributed by atoms with Crippen molar-refractivity contribution < 1.29 is 8.78 Å². The second-order valence-corrected chi connectivity index (χ2v) is 6.03. The molecule has 0 fully saturated rings. The van der Waals surface area contributed by atoms with E-state index < -0.39 is 25.8 Å². The molecular formula is C8H3Cl5F2. The van der Waals surface area contributed by atoms with Crippen LogP contribution < -0.4 is 0 Å². The molecule has 1 aromatic carbocycles.